The number of pyridine rings is 1. The van der Waals surface area contributed by atoms with Gasteiger partial charge in [-0.2, -0.15) is 13.2 Å². The summed E-state index contributed by atoms with van der Waals surface area (Å²) in [4.78, 5) is 20.5. The van der Waals surface area contributed by atoms with Crippen LogP contribution in [0, 0.1) is 13.8 Å². The number of alkyl halides is 3. The van der Waals surface area contributed by atoms with Crippen molar-refractivity contribution in [1.29, 1.82) is 0 Å². The van der Waals surface area contributed by atoms with E-state index < -0.39 is 17.6 Å². The Morgan fingerprint density at radius 1 is 1.22 bits per heavy atom. The van der Waals surface area contributed by atoms with Crippen LogP contribution in [0.15, 0.2) is 4.79 Å². The van der Waals surface area contributed by atoms with Gasteiger partial charge in [0.1, 0.15) is 0 Å². The van der Waals surface area contributed by atoms with Gasteiger partial charge in [-0.25, -0.2) is 9.97 Å². The molecule has 0 aliphatic heterocycles. The Labute approximate surface area is 104 Å². The van der Waals surface area contributed by atoms with Gasteiger partial charge in [-0.3, -0.25) is 4.79 Å². The van der Waals surface area contributed by atoms with Gasteiger partial charge in [0.25, 0.3) is 5.56 Å². The highest BCUT2D eigenvalue weighted by Gasteiger charge is 2.35. The van der Waals surface area contributed by atoms with E-state index in [0.29, 0.717) is 11.3 Å². The summed E-state index contributed by atoms with van der Waals surface area (Å²) < 4.78 is 37.5. The van der Waals surface area contributed by atoms with Crippen molar-refractivity contribution in [2.24, 2.45) is 0 Å². The van der Waals surface area contributed by atoms with Crippen molar-refractivity contribution >= 4 is 22.6 Å². The number of H-pyrrole nitrogens is 1. The number of hydrogen-bond acceptors (Lipinski definition) is 3. The van der Waals surface area contributed by atoms with Gasteiger partial charge in [0, 0.05) is 0 Å². The van der Waals surface area contributed by atoms with E-state index in [1.54, 1.807) is 4.98 Å². The number of aromatic nitrogens is 3. The van der Waals surface area contributed by atoms with Crippen LogP contribution in [0.4, 0.5) is 13.2 Å². The molecule has 0 fully saturated rings. The molecule has 4 nitrogen and oxygen atoms in total. The maximum Gasteiger partial charge on any atom is 0.449 e. The highest BCUT2D eigenvalue weighted by molar-refractivity contribution is 6.32. The zero-order valence-electron chi connectivity index (χ0n) is 9.31. The molecule has 0 amide bonds. The normalized spacial score (nSPS) is 12.1. The molecule has 0 unspecified atom stereocenters. The zero-order chi connectivity index (χ0) is 13.7. The van der Waals surface area contributed by atoms with E-state index in [9.17, 15) is 18.0 Å². The molecule has 1 N–H and O–H groups in total. The molecule has 2 rings (SSSR count). The minimum Gasteiger partial charge on any atom is -0.302 e. The molecule has 0 saturated carbocycles. The fourth-order valence-corrected chi connectivity index (χ4v) is 1.74. The minimum absolute atomic E-state index is 0.0291. The predicted molar refractivity (Wildman–Crippen MR) is 59.6 cm³/mol. The van der Waals surface area contributed by atoms with Gasteiger partial charge in [0.05, 0.1) is 16.1 Å². The summed E-state index contributed by atoms with van der Waals surface area (Å²) in [7, 11) is 0. The van der Waals surface area contributed by atoms with Gasteiger partial charge >= 0.3 is 6.18 Å². The van der Waals surface area contributed by atoms with E-state index >= 15 is 0 Å². The quantitative estimate of drug-likeness (QED) is 0.805. The van der Waals surface area contributed by atoms with Crippen molar-refractivity contribution in [3.05, 3.63) is 32.5 Å². The maximum atomic E-state index is 12.5. The summed E-state index contributed by atoms with van der Waals surface area (Å²) in [6.07, 6.45) is -4.73. The van der Waals surface area contributed by atoms with Gasteiger partial charge < -0.3 is 4.98 Å². The second kappa shape index (κ2) is 3.94. The minimum atomic E-state index is -4.73. The monoisotopic (exact) mass is 277 g/mol. The molecular formula is C10H7ClF3N3O. The van der Waals surface area contributed by atoms with Crippen LogP contribution in [0.3, 0.4) is 0 Å². The molecule has 0 atom stereocenters. The van der Waals surface area contributed by atoms with Crippen molar-refractivity contribution in [3.8, 4) is 0 Å². The van der Waals surface area contributed by atoms with Crippen LogP contribution < -0.4 is 5.56 Å². The van der Waals surface area contributed by atoms with Crippen LogP contribution in [0.2, 0.25) is 5.02 Å². The second-order valence-corrected chi connectivity index (χ2v) is 4.13. The van der Waals surface area contributed by atoms with Crippen LogP contribution in [0.25, 0.3) is 11.0 Å². The van der Waals surface area contributed by atoms with Gasteiger partial charge in [-0.1, -0.05) is 11.6 Å². The molecular weight excluding hydrogens is 271 g/mol. The van der Waals surface area contributed by atoms with E-state index in [1.807, 2.05) is 0 Å². The molecule has 0 aliphatic carbocycles. The zero-order valence-corrected chi connectivity index (χ0v) is 10.1. The molecule has 0 bridgehead atoms. The number of fused-ring (bicyclic) bond motifs is 1. The van der Waals surface area contributed by atoms with Crippen molar-refractivity contribution in [3.63, 3.8) is 0 Å². The lowest BCUT2D eigenvalue weighted by Gasteiger charge is -2.09. The molecule has 2 heterocycles. The molecule has 0 radical (unpaired) electrons. The number of aromatic amines is 1. The topological polar surface area (TPSA) is 58.6 Å². The van der Waals surface area contributed by atoms with Crippen LogP contribution in [0.1, 0.15) is 17.1 Å². The number of nitrogens with one attached hydrogen (secondary N) is 1. The van der Waals surface area contributed by atoms with Crippen LogP contribution >= 0.6 is 11.6 Å². The largest absolute Gasteiger partial charge is 0.449 e. The standard InChI is InChI=1S/C10H7ClF3N3O/c1-3-5-7(15-4(2)6(3)11)16-9(10(12,13)14)17-8(5)18/h1-2H3,(H,15,16,17,18). The first-order valence-corrected chi connectivity index (χ1v) is 5.23. The van der Waals surface area contributed by atoms with Crippen molar-refractivity contribution in [2.75, 3.05) is 0 Å². The molecule has 96 valence electrons. The smallest absolute Gasteiger partial charge is 0.302 e. The fourth-order valence-electron chi connectivity index (χ4n) is 1.60. The van der Waals surface area contributed by atoms with E-state index in [4.69, 9.17) is 11.6 Å². The lowest BCUT2D eigenvalue weighted by atomic mass is 10.2. The molecule has 8 heteroatoms. The summed E-state index contributed by atoms with van der Waals surface area (Å²) >= 11 is 5.89. The summed E-state index contributed by atoms with van der Waals surface area (Å²) in [5.41, 5.74) is -0.473. The summed E-state index contributed by atoms with van der Waals surface area (Å²) in [6.45, 7) is 3.06. The summed E-state index contributed by atoms with van der Waals surface area (Å²) in [6, 6.07) is 0. The lowest BCUT2D eigenvalue weighted by Crippen LogP contribution is -2.20. The molecule has 0 aromatic carbocycles. The second-order valence-electron chi connectivity index (χ2n) is 3.75. The highest BCUT2D eigenvalue weighted by atomic mass is 35.5. The number of hydrogen-bond donors (Lipinski definition) is 1. The molecule has 2 aromatic rings. The molecule has 18 heavy (non-hydrogen) atoms. The molecule has 0 saturated heterocycles. The van der Waals surface area contributed by atoms with E-state index in [0.717, 1.165) is 0 Å². The van der Waals surface area contributed by atoms with E-state index in [1.165, 1.54) is 13.8 Å². The van der Waals surface area contributed by atoms with E-state index in [2.05, 4.69) is 9.97 Å². The van der Waals surface area contributed by atoms with E-state index in [-0.39, 0.29) is 16.1 Å². The third kappa shape index (κ3) is 1.94. The Morgan fingerprint density at radius 2 is 1.83 bits per heavy atom. The maximum absolute atomic E-state index is 12.5. The van der Waals surface area contributed by atoms with Gasteiger partial charge in [0.2, 0.25) is 5.82 Å². The predicted octanol–water partition coefficient (Wildman–Crippen LogP) is 2.61. The third-order valence-corrected chi connectivity index (χ3v) is 3.02. The number of rotatable bonds is 0. The van der Waals surface area contributed by atoms with Crippen LogP contribution in [-0.2, 0) is 6.18 Å². The van der Waals surface area contributed by atoms with Crippen molar-refractivity contribution < 1.29 is 13.2 Å². The number of aryl methyl sites for hydroxylation is 2. The fraction of sp³-hybridized carbons (Fsp3) is 0.300. The molecule has 2 aromatic heterocycles. The van der Waals surface area contributed by atoms with Crippen molar-refractivity contribution in [2.45, 2.75) is 20.0 Å². The first kappa shape index (κ1) is 12.8. The Balaban J connectivity index is 2.92. The Kier molecular flexibility index (Phi) is 2.81. The van der Waals surface area contributed by atoms with Gasteiger partial charge in [-0.05, 0) is 19.4 Å². The average Bonchev–Trinajstić information content (AvgIpc) is 2.23. The highest BCUT2D eigenvalue weighted by Crippen LogP contribution is 2.28. The molecule has 0 aliphatic rings. The Hall–Kier alpha value is -1.63. The lowest BCUT2D eigenvalue weighted by molar-refractivity contribution is -0.144. The van der Waals surface area contributed by atoms with Gasteiger partial charge in [-0.15, -0.1) is 0 Å². The molecule has 0 spiro atoms. The van der Waals surface area contributed by atoms with Gasteiger partial charge in [0.15, 0.2) is 5.65 Å². The summed E-state index contributed by atoms with van der Waals surface area (Å²) in [5, 5.41) is 0.216. The number of halogens is 4. The first-order valence-electron chi connectivity index (χ1n) is 4.85. The Bertz CT molecular complexity index is 693. The Morgan fingerprint density at radius 3 is 2.39 bits per heavy atom. The first-order chi connectivity index (χ1) is 8.21. The number of nitrogens with zero attached hydrogens (tertiary/aromatic N) is 2. The third-order valence-electron chi connectivity index (χ3n) is 2.46. The van der Waals surface area contributed by atoms with Crippen LogP contribution in [0.5, 0.6) is 0 Å². The van der Waals surface area contributed by atoms with Crippen LogP contribution in [-0.4, -0.2) is 15.0 Å². The SMILES string of the molecule is Cc1nc2nc(C(F)(F)F)[nH]c(=O)c2c(C)c1Cl. The summed E-state index contributed by atoms with van der Waals surface area (Å²) in [5.74, 6) is -1.37. The van der Waals surface area contributed by atoms with Crippen molar-refractivity contribution in [1.82, 2.24) is 15.0 Å². The average molecular weight is 278 g/mol.